The van der Waals surface area contributed by atoms with Crippen molar-refractivity contribution in [3.63, 3.8) is 0 Å². The second kappa shape index (κ2) is 8.30. The molecule has 4 nitrogen and oxygen atoms in total. The van der Waals surface area contributed by atoms with Crippen LogP contribution < -0.4 is 5.32 Å². The lowest BCUT2D eigenvalue weighted by Gasteiger charge is -2.36. The maximum atomic E-state index is 11.7. The van der Waals surface area contributed by atoms with Gasteiger partial charge in [0.2, 0.25) is 5.91 Å². The summed E-state index contributed by atoms with van der Waals surface area (Å²) in [4.78, 5) is 16.7. The lowest BCUT2D eigenvalue weighted by atomic mass is 10.1. The van der Waals surface area contributed by atoms with Crippen LogP contribution in [0.1, 0.15) is 26.3 Å². The molecule has 1 heterocycles. The van der Waals surface area contributed by atoms with E-state index in [2.05, 4.69) is 52.4 Å². The Hall–Kier alpha value is -1.39. The topological polar surface area (TPSA) is 35.6 Å². The maximum Gasteiger partial charge on any atom is 0.222 e. The molecule has 1 amide bonds. The predicted molar refractivity (Wildman–Crippen MR) is 90.6 cm³/mol. The number of rotatable bonds is 6. The number of benzene rings is 1. The summed E-state index contributed by atoms with van der Waals surface area (Å²) < 4.78 is 0. The van der Waals surface area contributed by atoms with Crippen molar-refractivity contribution in [1.82, 2.24) is 15.1 Å². The van der Waals surface area contributed by atoms with Gasteiger partial charge in [0.15, 0.2) is 0 Å². The third-order valence-corrected chi connectivity index (χ3v) is 4.16. The van der Waals surface area contributed by atoms with Crippen LogP contribution >= 0.6 is 0 Å². The van der Waals surface area contributed by atoms with Crippen LogP contribution in [-0.2, 0) is 11.3 Å². The Bertz CT molecular complexity index is 453. The fourth-order valence-electron chi connectivity index (χ4n) is 2.81. The fraction of sp³-hybridized carbons (Fsp3) is 0.611. The molecule has 1 aromatic carbocycles. The summed E-state index contributed by atoms with van der Waals surface area (Å²) in [6.07, 6.45) is 0. The van der Waals surface area contributed by atoms with Gasteiger partial charge in [0.25, 0.3) is 0 Å². The van der Waals surface area contributed by atoms with Crippen LogP contribution in [0.15, 0.2) is 30.3 Å². The third kappa shape index (κ3) is 5.43. The Morgan fingerprint density at radius 3 is 2.23 bits per heavy atom. The van der Waals surface area contributed by atoms with Crippen molar-refractivity contribution >= 4 is 5.91 Å². The Kier molecular flexibility index (Phi) is 6.40. The quantitative estimate of drug-likeness (QED) is 0.873. The molecule has 0 saturated carbocycles. The molecule has 1 fully saturated rings. The van der Waals surface area contributed by atoms with Crippen LogP contribution in [0.2, 0.25) is 0 Å². The van der Waals surface area contributed by atoms with Crippen LogP contribution in [0.25, 0.3) is 0 Å². The Morgan fingerprint density at radius 2 is 1.64 bits per heavy atom. The largest absolute Gasteiger partial charge is 0.352 e. The van der Waals surface area contributed by atoms with Crippen molar-refractivity contribution in [2.75, 3.05) is 32.7 Å². The molecule has 1 aliphatic rings. The van der Waals surface area contributed by atoms with E-state index in [1.807, 2.05) is 13.8 Å². The van der Waals surface area contributed by atoms with Gasteiger partial charge >= 0.3 is 0 Å². The average molecular weight is 303 g/mol. The standard InChI is InChI=1S/C18H29N3O/c1-15(2)18(22)19-16(3)13-20-9-11-21(12-10-20)14-17-7-5-4-6-8-17/h4-8,15-16H,9-14H2,1-3H3,(H,19,22)/t16-/m0/s1. The van der Waals surface area contributed by atoms with Crippen LogP contribution in [0.4, 0.5) is 0 Å². The van der Waals surface area contributed by atoms with E-state index in [-0.39, 0.29) is 17.9 Å². The van der Waals surface area contributed by atoms with Gasteiger partial charge in [0, 0.05) is 51.2 Å². The summed E-state index contributed by atoms with van der Waals surface area (Å²) in [6, 6.07) is 10.9. The molecule has 0 spiro atoms. The number of carbonyl (C=O) groups excluding carboxylic acids is 1. The van der Waals surface area contributed by atoms with E-state index in [0.29, 0.717) is 0 Å². The summed E-state index contributed by atoms with van der Waals surface area (Å²) in [5.41, 5.74) is 1.38. The average Bonchev–Trinajstić information content (AvgIpc) is 2.50. The van der Waals surface area contributed by atoms with Gasteiger partial charge in [-0.05, 0) is 12.5 Å². The Morgan fingerprint density at radius 1 is 1.05 bits per heavy atom. The number of piperazine rings is 1. The molecule has 2 rings (SSSR count). The van der Waals surface area contributed by atoms with Crippen molar-refractivity contribution in [3.05, 3.63) is 35.9 Å². The number of nitrogens with one attached hydrogen (secondary N) is 1. The second-order valence-corrected chi connectivity index (χ2v) is 6.63. The highest BCUT2D eigenvalue weighted by Gasteiger charge is 2.19. The van der Waals surface area contributed by atoms with Crippen molar-refractivity contribution in [2.45, 2.75) is 33.4 Å². The molecule has 1 N–H and O–H groups in total. The molecule has 0 unspecified atom stereocenters. The van der Waals surface area contributed by atoms with E-state index in [0.717, 1.165) is 39.3 Å². The molecule has 0 radical (unpaired) electrons. The van der Waals surface area contributed by atoms with Gasteiger partial charge in [0.1, 0.15) is 0 Å². The predicted octanol–water partition coefficient (Wildman–Crippen LogP) is 1.96. The van der Waals surface area contributed by atoms with Crippen LogP contribution in [0.3, 0.4) is 0 Å². The lowest BCUT2D eigenvalue weighted by molar-refractivity contribution is -0.124. The molecule has 1 aliphatic heterocycles. The zero-order valence-electron chi connectivity index (χ0n) is 14.1. The van der Waals surface area contributed by atoms with Gasteiger partial charge in [-0.15, -0.1) is 0 Å². The highest BCUT2D eigenvalue weighted by atomic mass is 16.1. The smallest absolute Gasteiger partial charge is 0.222 e. The molecule has 22 heavy (non-hydrogen) atoms. The first-order valence-corrected chi connectivity index (χ1v) is 8.33. The molecule has 0 aliphatic carbocycles. The number of hydrogen-bond acceptors (Lipinski definition) is 3. The number of carbonyl (C=O) groups is 1. The van der Waals surface area contributed by atoms with Crippen molar-refractivity contribution in [2.24, 2.45) is 5.92 Å². The van der Waals surface area contributed by atoms with Gasteiger partial charge in [-0.25, -0.2) is 0 Å². The van der Waals surface area contributed by atoms with Crippen LogP contribution in [0.5, 0.6) is 0 Å². The minimum atomic E-state index is 0.0603. The number of nitrogens with zero attached hydrogens (tertiary/aromatic N) is 2. The van der Waals surface area contributed by atoms with E-state index in [9.17, 15) is 4.79 Å². The zero-order valence-corrected chi connectivity index (χ0v) is 14.1. The number of amides is 1. The van der Waals surface area contributed by atoms with E-state index >= 15 is 0 Å². The van der Waals surface area contributed by atoms with Gasteiger partial charge in [-0.2, -0.15) is 0 Å². The maximum absolute atomic E-state index is 11.7. The molecule has 1 atom stereocenters. The van der Waals surface area contributed by atoms with E-state index < -0.39 is 0 Å². The van der Waals surface area contributed by atoms with E-state index in [1.54, 1.807) is 0 Å². The summed E-state index contributed by atoms with van der Waals surface area (Å²) in [7, 11) is 0. The SMILES string of the molecule is CC(C)C(=O)N[C@@H](C)CN1CCN(Cc2ccccc2)CC1. The first kappa shape index (κ1) is 17.0. The number of hydrogen-bond donors (Lipinski definition) is 1. The molecule has 122 valence electrons. The van der Waals surface area contributed by atoms with E-state index in [4.69, 9.17) is 0 Å². The Labute approximate surface area is 134 Å². The normalized spacial score (nSPS) is 18.4. The molecule has 1 aromatic rings. The molecule has 0 aromatic heterocycles. The van der Waals surface area contributed by atoms with Gasteiger partial charge in [-0.1, -0.05) is 44.2 Å². The van der Waals surface area contributed by atoms with Crippen molar-refractivity contribution in [3.8, 4) is 0 Å². The highest BCUT2D eigenvalue weighted by Crippen LogP contribution is 2.08. The van der Waals surface area contributed by atoms with Crippen LogP contribution in [-0.4, -0.2) is 54.5 Å². The fourth-order valence-corrected chi connectivity index (χ4v) is 2.81. The monoisotopic (exact) mass is 303 g/mol. The van der Waals surface area contributed by atoms with Gasteiger partial charge in [0.05, 0.1) is 0 Å². The first-order valence-electron chi connectivity index (χ1n) is 8.33. The summed E-state index contributed by atoms with van der Waals surface area (Å²) in [5, 5.41) is 3.08. The molecule has 1 saturated heterocycles. The van der Waals surface area contributed by atoms with E-state index in [1.165, 1.54) is 5.56 Å². The van der Waals surface area contributed by atoms with Crippen molar-refractivity contribution < 1.29 is 4.79 Å². The van der Waals surface area contributed by atoms with Gasteiger partial charge in [-0.3, -0.25) is 14.6 Å². The molecular formula is C18H29N3O. The first-order chi connectivity index (χ1) is 10.5. The highest BCUT2D eigenvalue weighted by molar-refractivity contribution is 5.78. The van der Waals surface area contributed by atoms with Crippen molar-refractivity contribution in [1.29, 1.82) is 0 Å². The lowest BCUT2D eigenvalue weighted by Crippen LogP contribution is -2.50. The third-order valence-electron chi connectivity index (χ3n) is 4.16. The molecule has 0 bridgehead atoms. The van der Waals surface area contributed by atoms with Crippen LogP contribution in [0, 0.1) is 5.92 Å². The van der Waals surface area contributed by atoms with Gasteiger partial charge < -0.3 is 5.32 Å². The molecular weight excluding hydrogens is 274 g/mol. The summed E-state index contributed by atoms with van der Waals surface area (Å²) in [6.45, 7) is 12.3. The minimum absolute atomic E-state index is 0.0603. The summed E-state index contributed by atoms with van der Waals surface area (Å²) in [5.74, 6) is 0.209. The zero-order chi connectivity index (χ0) is 15.9. The summed E-state index contributed by atoms with van der Waals surface area (Å²) >= 11 is 0. The minimum Gasteiger partial charge on any atom is -0.352 e. The second-order valence-electron chi connectivity index (χ2n) is 6.63. The molecule has 4 heteroatoms. The Balaban J connectivity index is 1.70.